The molecule has 0 amide bonds. The Morgan fingerprint density at radius 2 is 1.72 bits per heavy atom. The molecule has 29 heavy (non-hydrogen) atoms. The average Bonchev–Trinajstić information content (AvgIpc) is 3.10. The summed E-state index contributed by atoms with van der Waals surface area (Å²) >= 11 is 3.56. The fourth-order valence-corrected chi connectivity index (χ4v) is 20.6. The third-order valence-corrected chi connectivity index (χ3v) is 21.1. The molecule has 5 heteroatoms. The first-order valence-corrected chi connectivity index (χ1v) is 20.0. The second kappa shape index (κ2) is 13.1. The zero-order chi connectivity index (χ0) is 21.3. The van der Waals surface area contributed by atoms with Gasteiger partial charge in [0, 0.05) is 0 Å². The molecule has 0 aliphatic carbocycles. The molecule has 0 unspecified atom stereocenters. The summed E-state index contributed by atoms with van der Waals surface area (Å²) in [6.07, 6.45) is 9.01. The second-order valence-electron chi connectivity index (χ2n) is 9.11. The number of rotatable bonds is 13. The molecule has 2 heterocycles. The van der Waals surface area contributed by atoms with Crippen molar-refractivity contribution in [2.24, 2.45) is 5.92 Å². The minimum atomic E-state index is -2.34. The maximum atomic E-state index is 6.26. The number of ether oxygens (including phenoxy) is 3. The Morgan fingerprint density at radius 3 is 2.24 bits per heavy atom. The van der Waals surface area contributed by atoms with E-state index < -0.39 is 18.4 Å². The molecule has 0 spiro atoms. The van der Waals surface area contributed by atoms with Crippen LogP contribution in [-0.2, 0) is 14.2 Å². The van der Waals surface area contributed by atoms with Gasteiger partial charge >= 0.3 is 189 Å². The Balaban J connectivity index is 2.22. The van der Waals surface area contributed by atoms with Gasteiger partial charge in [-0.1, -0.05) is 0 Å². The van der Waals surface area contributed by atoms with Crippen LogP contribution in [0.5, 0.6) is 0 Å². The topological polar surface area (TPSA) is 27.7 Å². The van der Waals surface area contributed by atoms with E-state index in [0.29, 0.717) is 17.6 Å². The molecule has 4 atom stereocenters. The quantitative estimate of drug-likeness (QED) is 0.234. The first-order chi connectivity index (χ1) is 13.9. The molecule has 2 rings (SSSR count). The molecule has 0 radical (unpaired) electrons. The van der Waals surface area contributed by atoms with Crippen molar-refractivity contribution in [2.45, 2.75) is 104 Å². The van der Waals surface area contributed by atoms with Crippen LogP contribution in [0.2, 0.25) is 13.3 Å². The fraction of sp³-hybridized carbons (Fsp3) is 0.833. The molecular formula is C24H43ClO3Sn. The van der Waals surface area contributed by atoms with Crippen molar-refractivity contribution in [3.05, 3.63) is 21.3 Å². The third kappa shape index (κ3) is 7.82. The normalized spacial score (nSPS) is 28.7. The van der Waals surface area contributed by atoms with Crippen LogP contribution in [0.15, 0.2) is 21.3 Å². The van der Waals surface area contributed by atoms with E-state index in [1.54, 1.807) is 5.57 Å². The molecule has 0 N–H and O–H groups in total. The molecule has 2 saturated heterocycles. The Kier molecular flexibility index (Phi) is 11.6. The molecule has 0 aromatic heterocycles. The minimum absolute atomic E-state index is 0.0553. The van der Waals surface area contributed by atoms with Gasteiger partial charge in [0.2, 0.25) is 0 Å². The molecular weight excluding hydrogens is 490 g/mol. The van der Waals surface area contributed by atoms with Crippen molar-refractivity contribution in [3.8, 4) is 0 Å². The summed E-state index contributed by atoms with van der Waals surface area (Å²) in [5, 5.41) is 0.524. The van der Waals surface area contributed by atoms with E-state index in [1.165, 1.54) is 51.8 Å². The van der Waals surface area contributed by atoms with E-state index in [-0.39, 0.29) is 18.5 Å². The van der Waals surface area contributed by atoms with Crippen molar-refractivity contribution in [3.63, 3.8) is 0 Å². The third-order valence-electron chi connectivity index (χ3n) is 6.59. The van der Waals surface area contributed by atoms with Gasteiger partial charge in [-0.15, -0.1) is 0 Å². The average molecular weight is 534 g/mol. The Hall–Kier alpha value is 0.449. The van der Waals surface area contributed by atoms with Crippen LogP contribution in [-0.4, -0.2) is 50.1 Å². The van der Waals surface area contributed by atoms with Crippen LogP contribution in [0.1, 0.15) is 72.6 Å². The Bertz CT molecular complexity index is 514. The van der Waals surface area contributed by atoms with Crippen LogP contribution in [0, 0.1) is 5.92 Å². The van der Waals surface area contributed by atoms with Gasteiger partial charge in [-0.05, 0) is 0 Å². The monoisotopic (exact) mass is 534 g/mol. The number of hydrogen-bond donors (Lipinski definition) is 0. The summed E-state index contributed by atoms with van der Waals surface area (Å²) in [5.41, 5.74) is 1.57. The number of fused-ring (bicyclic) bond motifs is 1. The molecule has 2 aliphatic rings. The van der Waals surface area contributed by atoms with Gasteiger partial charge in [0.1, 0.15) is 0 Å². The molecule has 168 valence electrons. The molecule has 3 nitrogen and oxygen atoms in total. The maximum absolute atomic E-state index is 6.26. The molecule has 0 saturated carbocycles. The fourth-order valence-electron chi connectivity index (χ4n) is 4.97. The molecule has 0 aromatic carbocycles. The van der Waals surface area contributed by atoms with Gasteiger partial charge < -0.3 is 0 Å². The number of hydrogen-bond acceptors (Lipinski definition) is 3. The zero-order valence-corrected chi connectivity index (χ0v) is 22.8. The Labute approximate surface area is 188 Å². The van der Waals surface area contributed by atoms with Gasteiger partial charge in [0.25, 0.3) is 0 Å². The number of halogens is 1. The predicted molar refractivity (Wildman–Crippen MR) is 126 cm³/mol. The summed E-state index contributed by atoms with van der Waals surface area (Å²) in [5.74, 6) is 0.438. The van der Waals surface area contributed by atoms with Crippen LogP contribution in [0.4, 0.5) is 0 Å². The summed E-state index contributed by atoms with van der Waals surface area (Å²) in [4.78, 5) is 0. The van der Waals surface area contributed by atoms with Crippen LogP contribution in [0.3, 0.4) is 0 Å². The zero-order valence-electron chi connectivity index (χ0n) is 19.2. The van der Waals surface area contributed by atoms with Crippen LogP contribution < -0.4 is 0 Å². The van der Waals surface area contributed by atoms with E-state index >= 15 is 0 Å². The van der Waals surface area contributed by atoms with E-state index in [2.05, 4.69) is 38.4 Å². The molecule has 0 aromatic rings. The second-order valence-corrected chi connectivity index (χ2v) is 22.5. The van der Waals surface area contributed by atoms with Gasteiger partial charge in [0.05, 0.1) is 0 Å². The Morgan fingerprint density at radius 1 is 1.14 bits per heavy atom. The standard InChI is InChI=1S/C12H16ClO3.3C4H9.Sn/c1-7-5-15-12-9(3)16-11(4-10(7)12)14-6-8(2)13;3*1-3-4-2;/h1,9-12H,2,4-6H2,3H3;3*1,3-4H2,2H3;/t9-,10-,11+,12-;;;;/m0..../s1. The van der Waals surface area contributed by atoms with Gasteiger partial charge in [0.15, 0.2) is 0 Å². The first-order valence-electron chi connectivity index (χ1n) is 11.9. The number of unbranched alkanes of at least 4 members (excludes halogenated alkanes) is 3. The summed E-state index contributed by atoms with van der Waals surface area (Å²) < 4.78 is 25.6. The molecule has 0 bridgehead atoms. The molecule has 2 fully saturated rings. The van der Waals surface area contributed by atoms with E-state index in [0.717, 1.165) is 13.0 Å². The SMILES string of the molecule is C=C(Cl)CO[C@H]1C[C@H]2/C(=[CH]\[Sn]([CH2]CCC)([CH2]CCC)[CH2]CCC)CO[C@H]2[C@H](C)O1. The van der Waals surface area contributed by atoms with Crippen molar-refractivity contribution >= 4 is 30.0 Å². The van der Waals surface area contributed by atoms with Crippen LogP contribution >= 0.6 is 11.6 Å². The van der Waals surface area contributed by atoms with E-state index in [9.17, 15) is 0 Å². The van der Waals surface area contributed by atoms with E-state index in [4.69, 9.17) is 25.8 Å². The van der Waals surface area contributed by atoms with Crippen molar-refractivity contribution in [1.82, 2.24) is 0 Å². The van der Waals surface area contributed by atoms with Crippen molar-refractivity contribution in [1.29, 1.82) is 0 Å². The van der Waals surface area contributed by atoms with Gasteiger partial charge in [-0.25, -0.2) is 0 Å². The van der Waals surface area contributed by atoms with Gasteiger partial charge in [-0.2, -0.15) is 0 Å². The summed E-state index contributed by atoms with van der Waals surface area (Å²) in [6.45, 7) is 14.0. The van der Waals surface area contributed by atoms with Crippen molar-refractivity contribution < 1.29 is 14.2 Å². The van der Waals surface area contributed by atoms with E-state index in [1.807, 2.05) is 0 Å². The van der Waals surface area contributed by atoms with Crippen LogP contribution in [0.25, 0.3) is 0 Å². The van der Waals surface area contributed by atoms with Gasteiger partial charge in [-0.3, -0.25) is 0 Å². The summed E-state index contributed by atoms with van der Waals surface area (Å²) in [6, 6.07) is 0. The summed E-state index contributed by atoms with van der Waals surface area (Å²) in [7, 11) is 0. The van der Waals surface area contributed by atoms with Crippen molar-refractivity contribution in [2.75, 3.05) is 13.2 Å². The first kappa shape index (κ1) is 25.7. The predicted octanol–water partition coefficient (Wildman–Crippen LogP) is 7.22. The molecule has 2 aliphatic heterocycles.